The van der Waals surface area contributed by atoms with Gasteiger partial charge in [-0.05, 0) is 71.2 Å². The summed E-state index contributed by atoms with van der Waals surface area (Å²) in [6.07, 6.45) is -2.30. The summed E-state index contributed by atoms with van der Waals surface area (Å²) in [6.45, 7) is 6.68. The van der Waals surface area contributed by atoms with Crippen LogP contribution < -0.4 is 4.57 Å². The van der Waals surface area contributed by atoms with E-state index in [0.717, 1.165) is 33.5 Å². The second-order valence-corrected chi connectivity index (χ2v) is 9.18. The first-order chi connectivity index (χ1) is 16.4. The molecule has 0 aliphatic heterocycles. The summed E-state index contributed by atoms with van der Waals surface area (Å²) in [4.78, 5) is 0. The van der Waals surface area contributed by atoms with Crippen LogP contribution >= 0.6 is 0 Å². The molecule has 0 atom stereocenters. The quantitative estimate of drug-likeness (QED) is 0.422. The van der Waals surface area contributed by atoms with E-state index in [0.29, 0.717) is 11.1 Å². The molecule has 1 aromatic heterocycles. The average molecular weight is 392 g/mol. The SMILES string of the molecule is [2H]C([2H])([2H])c1cc(C)c(-c2cc3c(c[n+]2C)C(C)(C)C([2H])([2H])C([2H])([2H])C3(C)C)cc1-c1ccccc1. The maximum absolute atomic E-state index is 8.85. The Morgan fingerprint density at radius 2 is 1.52 bits per heavy atom. The van der Waals surface area contributed by atoms with Crippen LogP contribution in [0.2, 0.25) is 0 Å². The minimum Gasteiger partial charge on any atom is -0.201 e. The number of fused-ring (bicyclic) bond motifs is 1. The Labute approximate surface area is 186 Å². The van der Waals surface area contributed by atoms with E-state index >= 15 is 0 Å². The molecule has 2 aromatic carbocycles. The summed E-state index contributed by atoms with van der Waals surface area (Å²) in [5.74, 6) is 0. The van der Waals surface area contributed by atoms with Crippen LogP contribution in [0.25, 0.3) is 22.4 Å². The van der Waals surface area contributed by atoms with Crippen molar-refractivity contribution in [1.82, 2.24) is 0 Å². The number of hydrogen-bond donors (Lipinski definition) is 0. The summed E-state index contributed by atoms with van der Waals surface area (Å²) in [6, 6.07) is 15.1. The van der Waals surface area contributed by atoms with Crippen molar-refractivity contribution in [3.63, 3.8) is 0 Å². The Balaban J connectivity index is 2.04. The largest absolute Gasteiger partial charge is 0.212 e. The van der Waals surface area contributed by atoms with Gasteiger partial charge in [0.1, 0.15) is 7.05 Å². The van der Waals surface area contributed by atoms with E-state index < -0.39 is 30.4 Å². The van der Waals surface area contributed by atoms with Crippen molar-refractivity contribution in [3.8, 4) is 22.4 Å². The van der Waals surface area contributed by atoms with E-state index in [9.17, 15) is 0 Å². The third kappa shape index (κ3) is 3.41. The van der Waals surface area contributed by atoms with Gasteiger partial charge in [-0.1, -0.05) is 64.1 Å². The van der Waals surface area contributed by atoms with Crippen LogP contribution in [0.4, 0.5) is 0 Å². The summed E-state index contributed by atoms with van der Waals surface area (Å²) >= 11 is 0. The van der Waals surface area contributed by atoms with Crippen LogP contribution in [0.1, 0.15) is 72.3 Å². The molecule has 1 nitrogen and oxygen atoms in total. The predicted molar refractivity (Wildman–Crippen MR) is 123 cm³/mol. The van der Waals surface area contributed by atoms with Crippen molar-refractivity contribution in [2.24, 2.45) is 7.05 Å². The molecular weight excluding hydrogens is 350 g/mol. The summed E-state index contributed by atoms with van der Waals surface area (Å²) in [5, 5.41) is 0. The molecule has 1 heteroatoms. The van der Waals surface area contributed by atoms with Crippen molar-refractivity contribution in [2.75, 3.05) is 0 Å². The van der Waals surface area contributed by atoms with E-state index in [4.69, 9.17) is 9.60 Å². The van der Waals surface area contributed by atoms with E-state index in [1.54, 1.807) is 33.8 Å². The minimum absolute atomic E-state index is 0.293. The number of nitrogens with zero attached hydrogens (tertiary/aromatic N) is 1. The first-order valence-corrected chi connectivity index (χ1v) is 10.1. The maximum atomic E-state index is 8.85. The van der Waals surface area contributed by atoms with Crippen LogP contribution in [0.3, 0.4) is 0 Å². The number of rotatable bonds is 2. The summed E-state index contributed by atoms with van der Waals surface area (Å²) < 4.78 is 61.6. The van der Waals surface area contributed by atoms with Crippen LogP contribution in [0.5, 0.6) is 0 Å². The molecule has 0 amide bonds. The lowest BCUT2D eigenvalue weighted by molar-refractivity contribution is -0.661. The zero-order chi connectivity index (χ0) is 27.1. The second kappa shape index (κ2) is 6.83. The van der Waals surface area contributed by atoms with Crippen LogP contribution in [0, 0.1) is 13.8 Å². The van der Waals surface area contributed by atoms with Crippen molar-refractivity contribution >= 4 is 0 Å². The average Bonchev–Trinajstić information content (AvgIpc) is 2.77. The van der Waals surface area contributed by atoms with Crippen molar-refractivity contribution < 1.29 is 14.2 Å². The van der Waals surface area contributed by atoms with Gasteiger partial charge in [0, 0.05) is 26.8 Å². The van der Waals surface area contributed by atoms with Gasteiger partial charge < -0.3 is 0 Å². The summed E-state index contributed by atoms with van der Waals surface area (Å²) in [7, 11) is 1.90. The predicted octanol–water partition coefficient (Wildman–Crippen LogP) is 6.81. The molecule has 1 aliphatic rings. The number of pyridine rings is 1. The van der Waals surface area contributed by atoms with E-state index in [1.165, 1.54) is 0 Å². The van der Waals surface area contributed by atoms with Gasteiger partial charge in [-0.15, -0.1) is 0 Å². The van der Waals surface area contributed by atoms with Crippen molar-refractivity contribution in [1.29, 1.82) is 0 Å². The molecule has 4 rings (SSSR count). The number of benzene rings is 2. The number of aryl methyl sites for hydroxylation is 3. The molecule has 29 heavy (non-hydrogen) atoms. The van der Waals surface area contributed by atoms with Gasteiger partial charge in [-0.2, -0.15) is 0 Å². The Morgan fingerprint density at radius 1 is 0.862 bits per heavy atom. The third-order valence-corrected chi connectivity index (χ3v) is 6.03. The normalized spacial score (nSPS) is 24.6. The number of hydrogen-bond acceptors (Lipinski definition) is 0. The molecule has 0 radical (unpaired) electrons. The molecule has 3 aromatic rings. The van der Waals surface area contributed by atoms with Gasteiger partial charge in [0.25, 0.3) is 0 Å². The fourth-order valence-electron chi connectivity index (χ4n) is 4.22. The van der Waals surface area contributed by atoms with Crippen LogP contribution in [-0.4, -0.2) is 0 Å². The molecule has 0 N–H and O–H groups in total. The van der Waals surface area contributed by atoms with Crippen LogP contribution in [-0.2, 0) is 17.9 Å². The molecular formula is C28H34N+. The molecule has 0 fully saturated rings. The molecule has 0 saturated carbocycles. The number of aromatic nitrogens is 1. The molecule has 150 valence electrons. The Kier molecular flexibility index (Phi) is 3.06. The first kappa shape index (κ1) is 13.0. The first-order valence-electron chi connectivity index (χ1n) is 13.6. The van der Waals surface area contributed by atoms with Crippen molar-refractivity contribution in [3.05, 3.63) is 77.0 Å². The lowest BCUT2D eigenvalue weighted by Gasteiger charge is -2.40. The van der Waals surface area contributed by atoms with E-state index in [1.807, 2.05) is 67.2 Å². The maximum Gasteiger partial charge on any atom is 0.212 e. The lowest BCUT2D eigenvalue weighted by Crippen LogP contribution is -2.40. The molecule has 1 aliphatic carbocycles. The van der Waals surface area contributed by atoms with E-state index in [-0.39, 0.29) is 0 Å². The van der Waals surface area contributed by atoms with Gasteiger partial charge in [0.05, 0.1) is 0 Å². The van der Waals surface area contributed by atoms with E-state index in [2.05, 4.69) is 0 Å². The molecule has 0 saturated heterocycles. The highest BCUT2D eigenvalue weighted by Gasteiger charge is 2.39. The molecule has 1 heterocycles. The van der Waals surface area contributed by atoms with Crippen LogP contribution in [0.15, 0.2) is 54.7 Å². The Morgan fingerprint density at radius 3 is 2.17 bits per heavy atom. The van der Waals surface area contributed by atoms with Gasteiger partial charge in [0.15, 0.2) is 6.20 Å². The second-order valence-electron chi connectivity index (χ2n) is 9.18. The minimum atomic E-state index is -2.28. The topological polar surface area (TPSA) is 3.88 Å². The zero-order valence-electron chi connectivity index (χ0n) is 25.1. The lowest BCUT2D eigenvalue weighted by atomic mass is 9.63. The van der Waals surface area contributed by atoms with Gasteiger partial charge in [-0.3, -0.25) is 0 Å². The Bertz CT molecular complexity index is 1340. The van der Waals surface area contributed by atoms with Crippen molar-refractivity contribution in [2.45, 2.75) is 65.0 Å². The molecule has 0 unspecified atom stereocenters. The fraction of sp³-hybridized carbons (Fsp3) is 0.393. The zero-order valence-corrected chi connectivity index (χ0v) is 18.1. The monoisotopic (exact) mass is 391 g/mol. The smallest absolute Gasteiger partial charge is 0.201 e. The van der Waals surface area contributed by atoms with Gasteiger partial charge in [0.2, 0.25) is 5.69 Å². The standard InChI is InChI=1S/C28H34N/c1-19-15-20(2)23(16-22(19)21-11-9-8-10-12-21)26-17-24-25(18-29(26)7)28(5,6)14-13-27(24,3)4/h8-12,15-18H,13-14H2,1-7H3/q+1/i1D3,13D2,14D2. The van der Waals surface area contributed by atoms with Gasteiger partial charge in [-0.25, -0.2) is 4.57 Å². The molecule has 0 spiro atoms. The Hall–Kier alpha value is -2.41. The third-order valence-electron chi connectivity index (χ3n) is 6.03. The van der Waals surface area contributed by atoms with Gasteiger partial charge >= 0.3 is 0 Å². The summed E-state index contributed by atoms with van der Waals surface area (Å²) in [5.41, 5.74) is 3.62. The fourth-order valence-corrected chi connectivity index (χ4v) is 4.22. The molecule has 0 bridgehead atoms. The highest BCUT2D eigenvalue weighted by atomic mass is 14.9. The highest BCUT2D eigenvalue weighted by molar-refractivity contribution is 5.76. The highest BCUT2D eigenvalue weighted by Crippen LogP contribution is 2.46.